The van der Waals surface area contributed by atoms with Crippen LogP contribution < -0.4 is 0 Å². The van der Waals surface area contributed by atoms with E-state index in [0.29, 0.717) is 24.0 Å². The maximum atomic E-state index is 12.6. The van der Waals surface area contributed by atoms with E-state index in [2.05, 4.69) is 20.1 Å². The lowest BCUT2D eigenvalue weighted by Gasteiger charge is -2.30. The van der Waals surface area contributed by atoms with Crippen LogP contribution in [-0.4, -0.2) is 44.0 Å². The second-order valence-electron chi connectivity index (χ2n) is 6.28. The molecule has 3 rings (SSSR count). The van der Waals surface area contributed by atoms with Crippen molar-refractivity contribution < 1.29 is 9.32 Å². The molecule has 1 aliphatic rings. The molecule has 0 N–H and O–H groups in total. The number of carbonyl (C=O) groups excluding carboxylic acids is 1. The molecule has 1 fully saturated rings. The zero-order chi connectivity index (χ0) is 16.4. The van der Waals surface area contributed by atoms with E-state index in [9.17, 15) is 4.79 Å². The zero-order valence-corrected chi connectivity index (χ0v) is 13.7. The molecule has 1 atom stereocenters. The van der Waals surface area contributed by atoms with E-state index in [4.69, 9.17) is 4.52 Å². The van der Waals surface area contributed by atoms with Crippen molar-refractivity contribution in [3.8, 4) is 0 Å². The average molecular weight is 315 g/mol. The van der Waals surface area contributed by atoms with Crippen LogP contribution in [0.5, 0.6) is 0 Å². The SMILES string of the molecule is Cc1cnc(C(=O)N2CCCC(c3noc(C(C)C)n3)C2)cn1. The van der Waals surface area contributed by atoms with Crippen molar-refractivity contribution in [1.29, 1.82) is 0 Å². The van der Waals surface area contributed by atoms with Gasteiger partial charge in [-0.3, -0.25) is 9.78 Å². The van der Waals surface area contributed by atoms with Crippen molar-refractivity contribution in [2.75, 3.05) is 13.1 Å². The van der Waals surface area contributed by atoms with Crippen LogP contribution >= 0.6 is 0 Å². The van der Waals surface area contributed by atoms with Gasteiger partial charge >= 0.3 is 0 Å². The van der Waals surface area contributed by atoms with E-state index in [1.165, 1.54) is 6.20 Å². The van der Waals surface area contributed by atoms with Crippen LogP contribution in [0.2, 0.25) is 0 Å². The minimum absolute atomic E-state index is 0.0882. The van der Waals surface area contributed by atoms with Crippen molar-refractivity contribution in [2.24, 2.45) is 0 Å². The number of aromatic nitrogens is 4. The van der Waals surface area contributed by atoms with Gasteiger partial charge in [-0.15, -0.1) is 0 Å². The highest BCUT2D eigenvalue weighted by Crippen LogP contribution is 2.26. The molecule has 2 aromatic heterocycles. The molecular weight excluding hydrogens is 294 g/mol. The summed E-state index contributed by atoms with van der Waals surface area (Å²) in [5.74, 6) is 1.58. The van der Waals surface area contributed by atoms with Crippen LogP contribution in [0.15, 0.2) is 16.9 Å². The molecule has 3 heterocycles. The Morgan fingerprint density at radius 1 is 1.35 bits per heavy atom. The molecule has 1 aliphatic heterocycles. The molecule has 1 saturated heterocycles. The normalized spacial score (nSPS) is 18.4. The molecule has 122 valence electrons. The highest BCUT2D eigenvalue weighted by molar-refractivity contribution is 5.92. The van der Waals surface area contributed by atoms with Crippen molar-refractivity contribution >= 4 is 5.91 Å². The number of likely N-dealkylation sites (tertiary alicyclic amines) is 1. The van der Waals surface area contributed by atoms with Crippen LogP contribution in [0.25, 0.3) is 0 Å². The van der Waals surface area contributed by atoms with Crippen LogP contribution in [0, 0.1) is 6.92 Å². The summed E-state index contributed by atoms with van der Waals surface area (Å²) >= 11 is 0. The maximum absolute atomic E-state index is 12.6. The summed E-state index contributed by atoms with van der Waals surface area (Å²) in [4.78, 5) is 27.2. The van der Waals surface area contributed by atoms with Crippen molar-refractivity contribution in [3.05, 3.63) is 35.5 Å². The Morgan fingerprint density at radius 3 is 2.83 bits per heavy atom. The van der Waals surface area contributed by atoms with Gasteiger partial charge in [0, 0.05) is 31.1 Å². The number of hydrogen-bond acceptors (Lipinski definition) is 6. The number of nitrogens with zero attached hydrogens (tertiary/aromatic N) is 5. The van der Waals surface area contributed by atoms with Gasteiger partial charge < -0.3 is 9.42 Å². The molecule has 1 unspecified atom stereocenters. The first-order valence-electron chi connectivity index (χ1n) is 7.96. The molecule has 23 heavy (non-hydrogen) atoms. The Balaban J connectivity index is 1.72. The van der Waals surface area contributed by atoms with E-state index >= 15 is 0 Å². The summed E-state index contributed by atoms with van der Waals surface area (Å²) in [5, 5.41) is 4.09. The highest BCUT2D eigenvalue weighted by Gasteiger charge is 2.29. The molecule has 1 amide bonds. The Morgan fingerprint density at radius 2 is 2.17 bits per heavy atom. The van der Waals surface area contributed by atoms with Crippen molar-refractivity contribution in [2.45, 2.75) is 45.4 Å². The molecule has 0 spiro atoms. The summed E-state index contributed by atoms with van der Waals surface area (Å²) in [6, 6.07) is 0. The van der Waals surface area contributed by atoms with Gasteiger partial charge in [-0.25, -0.2) is 4.98 Å². The second-order valence-corrected chi connectivity index (χ2v) is 6.28. The number of rotatable bonds is 3. The Labute approximate surface area is 135 Å². The summed E-state index contributed by atoms with van der Waals surface area (Å²) in [5.41, 5.74) is 1.18. The molecule has 0 aliphatic carbocycles. The summed E-state index contributed by atoms with van der Waals surface area (Å²) in [6.45, 7) is 7.19. The predicted octanol–water partition coefficient (Wildman–Crippen LogP) is 2.31. The van der Waals surface area contributed by atoms with Crippen LogP contribution in [0.3, 0.4) is 0 Å². The van der Waals surface area contributed by atoms with Gasteiger partial charge in [0.1, 0.15) is 5.69 Å². The number of aryl methyl sites for hydroxylation is 1. The van der Waals surface area contributed by atoms with Gasteiger partial charge in [-0.05, 0) is 19.8 Å². The number of hydrogen-bond donors (Lipinski definition) is 0. The lowest BCUT2D eigenvalue weighted by atomic mass is 9.97. The van der Waals surface area contributed by atoms with Crippen molar-refractivity contribution in [1.82, 2.24) is 25.0 Å². The molecule has 0 saturated carbocycles. The summed E-state index contributed by atoms with van der Waals surface area (Å²) in [7, 11) is 0. The quantitative estimate of drug-likeness (QED) is 0.864. The number of carbonyl (C=O) groups is 1. The van der Waals surface area contributed by atoms with Gasteiger partial charge in [-0.1, -0.05) is 19.0 Å². The van der Waals surface area contributed by atoms with E-state index in [1.54, 1.807) is 11.1 Å². The van der Waals surface area contributed by atoms with Gasteiger partial charge in [0.15, 0.2) is 5.82 Å². The second kappa shape index (κ2) is 6.44. The fourth-order valence-corrected chi connectivity index (χ4v) is 2.68. The highest BCUT2D eigenvalue weighted by atomic mass is 16.5. The third kappa shape index (κ3) is 3.38. The molecule has 0 radical (unpaired) electrons. The van der Waals surface area contributed by atoms with E-state index < -0.39 is 0 Å². The van der Waals surface area contributed by atoms with Gasteiger partial charge in [-0.2, -0.15) is 4.98 Å². The molecule has 7 heteroatoms. The third-order valence-corrected chi connectivity index (χ3v) is 4.03. The number of piperidine rings is 1. The van der Waals surface area contributed by atoms with Crippen LogP contribution in [0.1, 0.15) is 66.4 Å². The molecule has 7 nitrogen and oxygen atoms in total. The molecule has 0 bridgehead atoms. The van der Waals surface area contributed by atoms with E-state index in [1.807, 2.05) is 20.8 Å². The lowest BCUT2D eigenvalue weighted by molar-refractivity contribution is 0.0697. The largest absolute Gasteiger partial charge is 0.339 e. The topological polar surface area (TPSA) is 85.0 Å². The molecule has 0 aromatic carbocycles. The van der Waals surface area contributed by atoms with E-state index in [0.717, 1.165) is 25.1 Å². The minimum atomic E-state index is -0.0882. The fraction of sp³-hybridized carbons (Fsp3) is 0.562. The maximum Gasteiger partial charge on any atom is 0.274 e. The lowest BCUT2D eigenvalue weighted by Crippen LogP contribution is -2.39. The van der Waals surface area contributed by atoms with E-state index in [-0.39, 0.29) is 17.7 Å². The number of amides is 1. The molecule has 2 aromatic rings. The van der Waals surface area contributed by atoms with Gasteiger partial charge in [0.25, 0.3) is 5.91 Å². The third-order valence-electron chi connectivity index (χ3n) is 4.03. The summed E-state index contributed by atoms with van der Waals surface area (Å²) < 4.78 is 5.29. The minimum Gasteiger partial charge on any atom is -0.339 e. The first kappa shape index (κ1) is 15.6. The first-order valence-corrected chi connectivity index (χ1v) is 7.96. The summed E-state index contributed by atoms with van der Waals surface area (Å²) in [6.07, 6.45) is 5.02. The average Bonchev–Trinajstić information content (AvgIpc) is 3.05. The monoisotopic (exact) mass is 315 g/mol. The Hall–Kier alpha value is -2.31. The predicted molar refractivity (Wildman–Crippen MR) is 83.0 cm³/mol. The fourth-order valence-electron chi connectivity index (χ4n) is 2.68. The van der Waals surface area contributed by atoms with Crippen LogP contribution in [-0.2, 0) is 0 Å². The zero-order valence-electron chi connectivity index (χ0n) is 13.7. The Kier molecular flexibility index (Phi) is 4.36. The molecular formula is C16H21N5O2. The van der Waals surface area contributed by atoms with Crippen molar-refractivity contribution in [3.63, 3.8) is 0 Å². The Bertz CT molecular complexity index is 680. The smallest absolute Gasteiger partial charge is 0.274 e. The van der Waals surface area contributed by atoms with Gasteiger partial charge in [0.05, 0.1) is 11.9 Å². The standard InChI is InChI=1S/C16H21N5O2/c1-10(2)15-19-14(20-23-15)12-5-4-6-21(9-12)16(22)13-8-17-11(3)7-18-13/h7-8,10,12H,4-6,9H2,1-3H3. The van der Waals surface area contributed by atoms with Crippen LogP contribution in [0.4, 0.5) is 0 Å². The first-order chi connectivity index (χ1) is 11.0. The van der Waals surface area contributed by atoms with Gasteiger partial charge in [0.2, 0.25) is 5.89 Å².